The number of halogens is 1. The molecule has 28 heavy (non-hydrogen) atoms. The van der Waals surface area contributed by atoms with Gasteiger partial charge in [-0.3, -0.25) is 9.78 Å². The van der Waals surface area contributed by atoms with Gasteiger partial charge in [-0.15, -0.1) is 0 Å². The van der Waals surface area contributed by atoms with Crippen LogP contribution in [0.3, 0.4) is 0 Å². The average Bonchev–Trinajstić information content (AvgIpc) is 2.73. The molecule has 0 spiro atoms. The lowest BCUT2D eigenvalue weighted by atomic mass is 9.73. The van der Waals surface area contributed by atoms with Gasteiger partial charge in [0.1, 0.15) is 0 Å². The van der Waals surface area contributed by atoms with Crippen LogP contribution in [0.2, 0.25) is 0 Å². The average molecular weight is 385 g/mol. The van der Waals surface area contributed by atoms with Crippen LogP contribution in [0.4, 0.5) is 4.39 Å². The normalized spacial score (nSPS) is 24.6. The van der Waals surface area contributed by atoms with Crippen LogP contribution in [0.15, 0.2) is 42.9 Å². The second-order valence-corrected chi connectivity index (χ2v) is 7.56. The van der Waals surface area contributed by atoms with Crippen molar-refractivity contribution in [1.29, 1.82) is 0 Å². The van der Waals surface area contributed by atoms with Crippen LogP contribution in [0, 0.1) is 11.4 Å². The monoisotopic (exact) mass is 385 g/mol. The van der Waals surface area contributed by atoms with Gasteiger partial charge in [-0.25, -0.2) is 4.98 Å². The third-order valence-corrected chi connectivity index (χ3v) is 5.66. The van der Waals surface area contributed by atoms with Crippen molar-refractivity contribution in [2.45, 2.75) is 32.0 Å². The summed E-state index contributed by atoms with van der Waals surface area (Å²) in [6.07, 6.45) is 7.56. The van der Waals surface area contributed by atoms with Gasteiger partial charge in [-0.1, -0.05) is 0 Å². The summed E-state index contributed by atoms with van der Waals surface area (Å²) in [7, 11) is 0. The summed E-state index contributed by atoms with van der Waals surface area (Å²) in [5.74, 6) is -0.809. The smallest absolute Gasteiger partial charge is 0.254 e. The molecular weight excluding hydrogens is 361 g/mol. The minimum atomic E-state index is -0.642. The second-order valence-electron chi connectivity index (χ2n) is 7.56. The summed E-state index contributed by atoms with van der Waals surface area (Å²) in [6, 6.07) is 6.61. The molecule has 6 nitrogen and oxygen atoms in total. The van der Waals surface area contributed by atoms with Gasteiger partial charge in [0.2, 0.25) is 5.95 Å². The Morgan fingerprint density at radius 3 is 3.00 bits per heavy atom. The van der Waals surface area contributed by atoms with Crippen molar-refractivity contribution in [2.75, 3.05) is 26.3 Å². The van der Waals surface area contributed by atoms with Crippen LogP contribution in [-0.4, -0.2) is 53.2 Å². The molecule has 0 unspecified atom stereocenters. The lowest BCUT2D eigenvalue weighted by Crippen LogP contribution is -2.58. The largest absolute Gasteiger partial charge is 0.377 e. The van der Waals surface area contributed by atoms with Crippen molar-refractivity contribution >= 4 is 5.91 Å². The maximum absolute atomic E-state index is 13.4. The summed E-state index contributed by atoms with van der Waals surface area (Å²) in [6.45, 7) is 2.92. The first-order chi connectivity index (χ1) is 13.7. The highest BCUT2D eigenvalue weighted by Crippen LogP contribution is 2.41. The van der Waals surface area contributed by atoms with Crippen LogP contribution in [-0.2, 0) is 16.1 Å². The third-order valence-electron chi connectivity index (χ3n) is 5.66. The summed E-state index contributed by atoms with van der Waals surface area (Å²) in [5.41, 5.74) is 1.16. The lowest BCUT2D eigenvalue weighted by molar-refractivity contribution is -0.148. The molecule has 0 radical (unpaired) electrons. The summed E-state index contributed by atoms with van der Waals surface area (Å²) >= 11 is 0. The van der Waals surface area contributed by atoms with Crippen molar-refractivity contribution in [3.05, 3.63) is 59.9 Å². The topological polar surface area (TPSA) is 64.6 Å². The van der Waals surface area contributed by atoms with Gasteiger partial charge in [-0.2, -0.15) is 4.39 Å². The van der Waals surface area contributed by atoms with Gasteiger partial charge in [0.15, 0.2) is 0 Å². The number of likely N-dealkylation sites (tertiary alicyclic amines) is 1. The van der Waals surface area contributed by atoms with E-state index in [1.165, 1.54) is 12.3 Å². The maximum Gasteiger partial charge on any atom is 0.254 e. The first-order valence-corrected chi connectivity index (χ1v) is 9.65. The Kier molecular flexibility index (Phi) is 5.64. The third kappa shape index (κ3) is 4.05. The zero-order valence-electron chi connectivity index (χ0n) is 15.7. The minimum Gasteiger partial charge on any atom is -0.377 e. The van der Waals surface area contributed by atoms with Gasteiger partial charge >= 0.3 is 0 Å². The fourth-order valence-corrected chi connectivity index (χ4v) is 4.24. The molecule has 2 aliphatic heterocycles. The number of rotatable bonds is 5. The molecule has 2 atom stereocenters. The molecule has 2 fully saturated rings. The predicted octanol–water partition coefficient (Wildman–Crippen LogP) is 2.84. The van der Waals surface area contributed by atoms with Crippen LogP contribution in [0.1, 0.15) is 35.2 Å². The van der Waals surface area contributed by atoms with E-state index in [0.717, 1.165) is 31.4 Å². The molecule has 0 aromatic carbocycles. The van der Waals surface area contributed by atoms with E-state index in [4.69, 9.17) is 9.47 Å². The Hall–Kier alpha value is -2.38. The number of fused-ring (bicyclic) bond motifs is 1. The Morgan fingerprint density at radius 2 is 2.18 bits per heavy atom. The zero-order chi connectivity index (χ0) is 19.4. The van der Waals surface area contributed by atoms with Crippen molar-refractivity contribution in [3.63, 3.8) is 0 Å². The van der Waals surface area contributed by atoms with E-state index in [-0.39, 0.29) is 17.4 Å². The van der Waals surface area contributed by atoms with Crippen LogP contribution in [0.25, 0.3) is 0 Å². The molecule has 148 valence electrons. The lowest BCUT2D eigenvalue weighted by Gasteiger charge is -2.50. The first kappa shape index (κ1) is 19.0. The highest BCUT2D eigenvalue weighted by atomic mass is 19.1. The van der Waals surface area contributed by atoms with E-state index < -0.39 is 5.95 Å². The van der Waals surface area contributed by atoms with Gasteiger partial charge in [0, 0.05) is 55.3 Å². The van der Waals surface area contributed by atoms with E-state index in [9.17, 15) is 9.18 Å². The molecule has 4 heterocycles. The number of aromatic nitrogens is 2. The molecule has 0 saturated carbocycles. The predicted molar refractivity (Wildman–Crippen MR) is 100 cm³/mol. The zero-order valence-corrected chi connectivity index (χ0v) is 15.7. The molecule has 2 aromatic heterocycles. The van der Waals surface area contributed by atoms with Crippen molar-refractivity contribution in [1.82, 2.24) is 14.9 Å². The van der Waals surface area contributed by atoms with Crippen LogP contribution in [0.5, 0.6) is 0 Å². The molecule has 1 amide bonds. The SMILES string of the molecule is O=C(c1ccnc(F)c1)N1CC[C@@H]2OCCC[C@@]2(COCc2ccncc2)C1. The van der Waals surface area contributed by atoms with E-state index in [0.29, 0.717) is 31.9 Å². The number of carbonyl (C=O) groups is 1. The van der Waals surface area contributed by atoms with Crippen molar-refractivity contribution < 1.29 is 18.7 Å². The second kappa shape index (κ2) is 8.32. The fourth-order valence-electron chi connectivity index (χ4n) is 4.24. The highest BCUT2D eigenvalue weighted by molar-refractivity contribution is 5.94. The Bertz CT molecular complexity index is 820. The van der Waals surface area contributed by atoms with E-state index >= 15 is 0 Å². The number of piperidine rings is 1. The van der Waals surface area contributed by atoms with Gasteiger partial charge in [-0.05, 0) is 43.0 Å². The molecule has 2 saturated heterocycles. The standard InChI is InChI=1S/C21H24FN3O3/c22-19-12-17(4-9-24-19)20(26)25-10-5-18-21(14-25,6-1-11-28-18)15-27-13-16-2-7-23-8-3-16/h2-4,7-9,12,18H,1,5-6,10-11,13-15H2/t18-,21-/m0/s1. The molecular formula is C21H24FN3O3. The van der Waals surface area contributed by atoms with Crippen molar-refractivity contribution in [2.24, 2.45) is 5.41 Å². The van der Waals surface area contributed by atoms with Crippen LogP contribution >= 0.6 is 0 Å². The summed E-state index contributed by atoms with van der Waals surface area (Å²) in [4.78, 5) is 22.3. The number of carbonyl (C=O) groups excluding carboxylic acids is 1. The summed E-state index contributed by atoms with van der Waals surface area (Å²) in [5, 5.41) is 0. The number of pyridine rings is 2. The van der Waals surface area contributed by atoms with Crippen molar-refractivity contribution in [3.8, 4) is 0 Å². The minimum absolute atomic E-state index is 0.0805. The highest BCUT2D eigenvalue weighted by Gasteiger charge is 2.47. The van der Waals surface area contributed by atoms with Gasteiger partial charge < -0.3 is 14.4 Å². The molecule has 0 N–H and O–H groups in total. The molecule has 2 aromatic rings. The maximum atomic E-state index is 13.4. The number of hydrogen-bond acceptors (Lipinski definition) is 5. The van der Waals surface area contributed by atoms with Gasteiger partial charge in [0.25, 0.3) is 5.91 Å². The van der Waals surface area contributed by atoms with Gasteiger partial charge in [0.05, 0.1) is 19.3 Å². The molecule has 7 heteroatoms. The van der Waals surface area contributed by atoms with E-state index in [1.807, 2.05) is 12.1 Å². The van der Waals surface area contributed by atoms with Crippen LogP contribution < -0.4 is 0 Å². The Morgan fingerprint density at radius 1 is 1.32 bits per heavy atom. The number of nitrogens with zero attached hydrogens (tertiary/aromatic N) is 3. The number of hydrogen-bond donors (Lipinski definition) is 0. The van der Waals surface area contributed by atoms with E-state index in [2.05, 4.69) is 9.97 Å². The molecule has 2 aliphatic rings. The molecule has 4 rings (SSSR count). The molecule has 0 aliphatic carbocycles. The molecule has 0 bridgehead atoms. The number of ether oxygens (including phenoxy) is 2. The first-order valence-electron chi connectivity index (χ1n) is 9.65. The number of amides is 1. The quantitative estimate of drug-likeness (QED) is 0.741. The van der Waals surface area contributed by atoms with E-state index in [1.54, 1.807) is 23.4 Å². The Balaban J connectivity index is 1.47. The fraction of sp³-hybridized carbons (Fsp3) is 0.476. The Labute approximate surface area is 163 Å². The summed E-state index contributed by atoms with van der Waals surface area (Å²) < 4.78 is 25.5.